The van der Waals surface area contributed by atoms with Crippen molar-refractivity contribution in [3.8, 4) is 0 Å². The molecule has 2 rings (SSSR count). The average Bonchev–Trinajstić information content (AvgIpc) is 2.91. The van der Waals surface area contributed by atoms with Gasteiger partial charge in [0.15, 0.2) is 0 Å². The first-order valence-corrected chi connectivity index (χ1v) is 9.21. The van der Waals surface area contributed by atoms with Gasteiger partial charge in [0.2, 0.25) is 0 Å². The van der Waals surface area contributed by atoms with Crippen LogP contribution in [0, 0.1) is 13.8 Å². The number of thiazole rings is 1. The lowest BCUT2D eigenvalue weighted by Crippen LogP contribution is -1.85. The second-order valence-electron chi connectivity index (χ2n) is 5.37. The average molecular weight is 296 g/mol. The van der Waals surface area contributed by atoms with E-state index in [1.165, 1.54) is 76.3 Å². The Balaban J connectivity index is 1.74. The minimum atomic E-state index is 1.18. The van der Waals surface area contributed by atoms with Gasteiger partial charge in [0, 0.05) is 9.75 Å². The van der Waals surface area contributed by atoms with Crippen molar-refractivity contribution >= 4 is 32.9 Å². The van der Waals surface area contributed by atoms with Gasteiger partial charge < -0.3 is 0 Å². The number of hydrogen-bond donors (Lipinski definition) is 0. The van der Waals surface area contributed by atoms with Crippen LogP contribution in [0.15, 0.2) is 0 Å². The SMILES string of the molecule is CCCCCCCCCc1nc2c(C)sc(C)c2s1. The highest BCUT2D eigenvalue weighted by atomic mass is 32.1. The maximum absolute atomic E-state index is 4.81. The lowest BCUT2D eigenvalue weighted by atomic mass is 10.1. The molecule has 19 heavy (non-hydrogen) atoms. The molecule has 0 spiro atoms. The molecule has 0 unspecified atom stereocenters. The Kier molecular flexibility index (Phi) is 5.83. The summed E-state index contributed by atoms with van der Waals surface area (Å²) in [6, 6.07) is 0. The zero-order valence-electron chi connectivity index (χ0n) is 12.4. The van der Waals surface area contributed by atoms with Crippen LogP contribution in [0.25, 0.3) is 10.2 Å². The van der Waals surface area contributed by atoms with Gasteiger partial charge in [0.05, 0.1) is 15.2 Å². The molecule has 1 nitrogen and oxygen atoms in total. The predicted molar refractivity (Wildman–Crippen MR) is 88.7 cm³/mol. The van der Waals surface area contributed by atoms with Crippen LogP contribution in [-0.4, -0.2) is 4.98 Å². The van der Waals surface area contributed by atoms with Crippen molar-refractivity contribution in [2.45, 2.75) is 72.1 Å². The lowest BCUT2D eigenvalue weighted by molar-refractivity contribution is 0.589. The number of fused-ring (bicyclic) bond motifs is 1. The Bertz CT molecular complexity index is 476. The number of aromatic nitrogens is 1. The second kappa shape index (κ2) is 7.39. The summed E-state index contributed by atoms with van der Waals surface area (Å²) >= 11 is 3.80. The van der Waals surface area contributed by atoms with E-state index in [9.17, 15) is 0 Å². The highest BCUT2D eigenvalue weighted by molar-refractivity contribution is 7.24. The van der Waals surface area contributed by atoms with Gasteiger partial charge in [-0.1, -0.05) is 45.4 Å². The van der Waals surface area contributed by atoms with E-state index in [-0.39, 0.29) is 0 Å². The van der Waals surface area contributed by atoms with E-state index >= 15 is 0 Å². The first-order chi connectivity index (χ1) is 9.22. The summed E-state index contributed by atoms with van der Waals surface area (Å²) in [5.74, 6) is 0. The molecule has 2 aromatic heterocycles. The van der Waals surface area contributed by atoms with Gasteiger partial charge in [-0.2, -0.15) is 0 Å². The van der Waals surface area contributed by atoms with Gasteiger partial charge in [-0.3, -0.25) is 0 Å². The van der Waals surface area contributed by atoms with E-state index in [0.717, 1.165) is 0 Å². The van der Waals surface area contributed by atoms with Gasteiger partial charge in [0.1, 0.15) is 0 Å². The van der Waals surface area contributed by atoms with Crippen LogP contribution in [-0.2, 0) is 6.42 Å². The molecule has 106 valence electrons. The molecule has 0 N–H and O–H groups in total. The van der Waals surface area contributed by atoms with Crippen LogP contribution in [0.1, 0.15) is 66.6 Å². The Hall–Kier alpha value is -0.410. The summed E-state index contributed by atoms with van der Waals surface area (Å²) in [5.41, 5.74) is 1.27. The fourth-order valence-corrected chi connectivity index (χ4v) is 4.77. The number of rotatable bonds is 8. The summed E-state index contributed by atoms with van der Waals surface area (Å²) in [7, 11) is 0. The van der Waals surface area contributed by atoms with Crippen molar-refractivity contribution in [2.24, 2.45) is 0 Å². The monoisotopic (exact) mass is 295 g/mol. The van der Waals surface area contributed by atoms with Crippen LogP contribution >= 0.6 is 22.7 Å². The van der Waals surface area contributed by atoms with Crippen LogP contribution in [0.2, 0.25) is 0 Å². The normalized spacial score (nSPS) is 11.5. The van der Waals surface area contributed by atoms with Crippen LogP contribution in [0.4, 0.5) is 0 Å². The Morgan fingerprint density at radius 1 is 0.842 bits per heavy atom. The molecule has 0 aliphatic rings. The van der Waals surface area contributed by atoms with Crippen molar-refractivity contribution in [3.63, 3.8) is 0 Å². The van der Waals surface area contributed by atoms with Crippen LogP contribution < -0.4 is 0 Å². The smallest absolute Gasteiger partial charge is 0.0954 e. The lowest BCUT2D eigenvalue weighted by Gasteiger charge is -1.99. The fraction of sp³-hybridized carbons (Fsp3) is 0.688. The molecule has 0 amide bonds. The molecule has 0 aliphatic heterocycles. The minimum absolute atomic E-state index is 1.18. The Morgan fingerprint density at radius 2 is 1.53 bits per heavy atom. The molecule has 2 aromatic rings. The van der Waals surface area contributed by atoms with Crippen molar-refractivity contribution < 1.29 is 0 Å². The zero-order chi connectivity index (χ0) is 13.7. The summed E-state index contributed by atoms with van der Waals surface area (Å²) in [6.07, 6.45) is 10.8. The van der Waals surface area contributed by atoms with Crippen molar-refractivity contribution in [1.29, 1.82) is 0 Å². The number of unbranched alkanes of at least 4 members (excludes halogenated alkanes) is 6. The number of hydrogen-bond acceptors (Lipinski definition) is 3. The Morgan fingerprint density at radius 3 is 2.21 bits per heavy atom. The molecule has 0 saturated carbocycles. The first-order valence-electron chi connectivity index (χ1n) is 7.57. The van der Waals surface area contributed by atoms with Gasteiger partial charge >= 0.3 is 0 Å². The van der Waals surface area contributed by atoms with Crippen molar-refractivity contribution in [2.75, 3.05) is 0 Å². The number of nitrogens with zero attached hydrogens (tertiary/aromatic N) is 1. The van der Waals surface area contributed by atoms with Crippen LogP contribution in [0.5, 0.6) is 0 Å². The third kappa shape index (κ3) is 4.03. The number of aryl methyl sites for hydroxylation is 3. The Labute approximate surface area is 125 Å². The topological polar surface area (TPSA) is 12.9 Å². The third-order valence-corrected chi connectivity index (χ3v) is 6.00. The standard InChI is InChI=1S/C16H25NS2/c1-4-5-6-7-8-9-10-11-14-17-15-12(2)18-13(3)16(15)19-14/h4-11H2,1-3H3. The van der Waals surface area contributed by atoms with Gasteiger partial charge in [-0.25, -0.2) is 4.98 Å². The molecule has 0 saturated heterocycles. The van der Waals surface area contributed by atoms with E-state index < -0.39 is 0 Å². The summed E-state index contributed by atoms with van der Waals surface area (Å²) in [4.78, 5) is 7.63. The van der Waals surface area contributed by atoms with E-state index in [1.54, 1.807) is 0 Å². The molecule has 0 atom stereocenters. The van der Waals surface area contributed by atoms with E-state index in [2.05, 4.69) is 20.8 Å². The molecule has 0 aromatic carbocycles. The molecular weight excluding hydrogens is 270 g/mol. The van der Waals surface area contributed by atoms with Crippen LogP contribution in [0.3, 0.4) is 0 Å². The zero-order valence-corrected chi connectivity index (χ0v) is 14.1. The van der Waals surface area contributed by atoms with E-state index in [4.69, 9.17) is 4.98 Å². The maximum atomic E-state index is 4.81. The quantitative estimate of drug-likeness (QED) is 0.523. The number of thiophene rings is 1. The first kappa shape index (κ1) is 15.0. The highest BCUT2D eigenvalue weighted by Gasteiger charge is 2.11. The molecule has 0 aliphatic carbocycles. The molecule has 0 radical (unpaired) electrons. The molecule has 0 bridgehead atoms. The van der Waals surface area contributed by atoms with E-state index in [1.807, 2.05) is 22.7 Å². The van der Waals surface area contributed by atoms with Gasteiger partial charge in [0.25, 0.3) is 0 Å². The maximum Gasteiger partial charge on any atom is 0.0954 e. The fourth-order valence-electron chi connectivity index (χ4n) is 2.51. The summed E-state index contributed by atoms with van der Waals surface area (Å²) < 4.78 is 1.43. The molecule has 0 fully saturated rings. The summed E-state index contributed by atoms with van der Waals surface area (Å²) in [5, 5.41) is 1.34. The summed E-state index contributed by atoms with van der Waals surface area (Å²) in [6.45, 7) is 6.69. The van der Waals surface area contributed by atoms with E-state index in [0.29, 0.717) is 0 Å². The largest absolute Gasteiger partial charge is 0.240 e. The minimum Gasteiger partial charge on any atom is -0.240 e. The van der Waals surface area contributed by atoms with Crippen molar-refractivity contribution in [3.05, 3.63) is 14.8 Å². The predicted octanol–water partition coefficient (Wildman–Crippen LogP) is 6.27. The van der Waals surface area contributed by atoms with Gasteiger partial charge in [-0.05, 0) is 26.7 Å². The highest BCUT2D eigenvalue weighted by Crippen LogP contribution is 2.34. The molecule has 3 heteroatoms. The van der Waals surface area contributed by atoms with Crippen molar-refractivity contribution in [1.82, 2.24) is 4.98 Å². The second-order valence-corrected chi connectivity index (χ2v) is 7.88. The third-order valence-electron chi connectivity index (χ3n) is 3.63. The molecule has 2 heterocycles. The van der Waals surface area contributed by atoms with Gasteiger partial charge in [-0.15, -0.1) is 22.7 Å². The molecular formula is C16H25NS2.